The summed E-state index contributed by atoms with van der Waals surface area (Å²) >= 11 is 0. The molecule has 0 unspecified atom stereocenters. The lowest BCUT2D eigenvalue weighted by Gasteiger charge is -2.22. The van der Waals surface area contributed by atoms with Gasteiger partial charge in [-0.25, -0.2) is 4.79 Å². The van der Waals surface area contributed by atoms with Crippen molar-refractivity contribution in [2.75, 3.05) is 6.61 Å². The maximum atomic E-state index is 11.4. The lowest BCUT2D eigenvalue weighted by atomic mass is 10.1. The van der Waals surface area contributed by atoms with Crippen molar-refractivity contribution in [3.05, 3.63) is 32.6 Å². The molecular formula is C10H16N2O6. The van der Waals surface area contributed by atoms with Gasteiger partial charge >= 0.3 is 5.69 Å². The first-order chi connectivity index (χ1) is 8.36. The minimum absolute atomic E-state index is 0.277. The van der Waals surface area contributed by atoms with Gasteiger partial charge in [0, 0.05) is 11.8 Å². The first-order valence-electron chi connectivity index (χ1n) is 5.32. The van der Waals surface area contributed by atoms with E-state index in [9.17, 15) is 19.8 Å². The molecule has 3 atom stereocenters. The van der Waals surface area contributed by atoms with E-state index in [0.717, 1.165) is 4.57 Å². The fourth-order valence-electron chi connectivity index (χ4n) is 1.43. The van der Waals surface area contributed by atoms with Gasteiger partial charge in [0.25, 0.3) is 5.56 Å². The Hall–Kier alpha value is -1.48. The van der Waals surface area contributed by atoms with Gasteiger partial charge in [-0.3, -0.25) is 14.3 Å². The van der Waals surface area contributed by atoms with Crippen LogP contribution in [0, 0.1) is 6.92 Å². The van der Waals surface area contributed by atoms with Gasteiger partial charge in [-0.05, 0) is 6.92 Å². The molecule has 0 aliphatic heterocycles. The first kappa shape index (κ1) is 14.6. The number of aryl methyl sites for hydroxylation is 1. The second kappa shape index (κ2) is 5.91. The molecule has 1 rings (SSSR count). The van der Waals surface area contributed by atoms with Crippen molar-refractivity contribution in [1.82, 2.24) is 9.55 Å². The second-order valence-electron chi connectivity index (χ2n) is 4.03. The molecule has 0 bridgehead atoms. The van der Waals surface area contributed by atoms with Crippen molar-refractivity contribution in [2.24, 2.45) is 0 Å². The number of aromatic nitrogens is 2. The molecule has 0 radical (unpaired) electrons. The third-order valence-corrected chi connectivity index (χ3v) is 2.55. The lowest BCUT2D eigenvalue weighted by molar-refractivity contribution is -0.0809. The summed E-state index contributed by atoms with van der Waals surface area (Å²) in [5.41, 5.74) is -0.976. The zero-order valence-corrected chi connectivity index (χ0v) is 9.78. The van der Waals surface area contributed by atoms with Crippen molar-refractivity contribution in [3.8, 4) is 0 Å². The van der Waals surface area contributed by atoms with E-state index in [0.29, 0.717) is 0 Å². The van der Waals surface area contributed by atoms with Crippen LogP contribution in [0.1, 0.15) is 5.56 Å². The Bertz CT molecular complexity index is 508. The monoisotopic (exact) mass is 260 g/mol. The molecular weight excluding hydrogens is 244 g/mol. The highest BCUT2D eigenvalue weighted by molar-refractivity contribution is 5.01. The maximum Gasteiger partial charge on any atom is 0.328 e. The second-order valence-corrected chi connectivity index (χ2v) is 4.03. The number of aromatic amines is 1. The zero-order chi connectivity index (χ0) is 13.9. The van der Waals surface area contributed by atoms with Crippen LogP contribution in [0.2, 0.25) is 0 Å². The summed E-state index contributed by atoms with van der Waals surface area (Å²) in [5.74, 6) is 0. The van der Waals surface area contributed by atoms with E-state index in [1.54, 1.807) is 0 Å². The Balaban J connectivity index is 2.88. The number of aliphatic hydroxyl groups excluding tert-OH is 4. The highest BCUT2D eigenvalue weighted by Gasteiger charge is 2.24. The number of aliphatic hydroxyl groups is 4. The Morgan fingerprint density at radius 2 is 1.89 bits per heavy atom. The normalized spacial score (nSPS) is 16.3. The predicted molar refractivity (Wildman–Crippen MR) is 61.2 cm³/mol. The Labute approximate surface area is 102 Å². The molecule has 0 aromatic carbocycles. The van der Waals surface area contributed by atoms with E-state index in [-0.39, 0.29) is 12.1 Å². The Morgan fingerprint density at radius 1 is 1.28 bits per heavy atom. The zero-order valence-electron chi connectivity index (χ0n) is 9.78. The van der Waals surface area contributed by atoms with Crippen molar-refractivity contribution in [1.29, 1.82) is 0 Å². The fraction of sp³-hybridized carbons (Fsp3) is 0.600. The molecule has 0 amide bonds. The summed E-state index contributed by atoms with van der Waals surface area (Å²) in [5, 5.41) is 36.8. The molecule has 0 aliphatic rings. The molecule has 0 saturated carbocycles. The van der Waals surface area contributed by atoms with Gasteiger partial charge < -0.3 is 20.4 Å². The number of hydrogen-bond acceptors (Lipinski definition) is 6. The SMILES string of the molecule is Cc1cn(C[C@H](O)[C@H](O)[C@H](O)CO)c(=O)[nH]c1=O. The Kier molecular flexibility index (Phi) is 4.79. The number of nitrogens with zero attached hydrogens (tertiary/aromatic N) is 1. The van der Waals surface area contributed by atoms with Crippen molar-refractivity contribution >= 4 is 0 Å². The van der Waals surface area contributed by atoms with Gasteiger partial charge in [0.2, 0.25) is 0 Å². The van der Waals surface area contributed by atoms with Gasteiger partial charge in [0.15, 0.2) is 0 Å². The highest BCUT2D eigenvalue weighted by Crippen LogP contribution is 2.02. The summed E-state index contributed by atoms with van der Waals surface area (Å²) in [6, 6.07) is 0. The lowest BCUT2D eigenvalue weighted by Crippen LogP contribution is -2.44. The van der Waals surface area contributed by atoms with Crippen LogP contribution in [0.4, 0.5) is 0 Å². The van der Waals surface area contributed by atoms with Crippen molar-refractivity contribution < 1.29 is 20.4 Å². The van der Waals surface area contributed by atoms with Crippen LogP contribution in [0.3, 0.4) is 0 Å². The summed E-state index contributed by atoms with van der Waals surface area (Å²) < 4.78 is 1.01. The topological polar surface area (TPSA) is 136 Å². The van der Waals surface area contributed by atoms with E-state index in [4.69, 9.17) is 10.2 Å². The van der Waals surface area contributed by atoms with E-state index in [2.05, 4.69) is 0 Å². The molecule has 8 heteroatoms. The summed E-state index contributed by atoms with van der Waals surface area (Å²) in [6.45, 7) is 0.465. The van der Waals surface area contributed by atoms with E-state index >= 15 is 0 Å². The Morgan fingerprint density at radius 3 is 2.44 bits per heavy atom. The molecule has 102 valence electrons. The van der Waals surface area contributed by atoms with E-state index in [1.807, 2.05) is 4.98 Å². The smallest absolute Gasteiger partial charge is 0.328 e. The maximum absolute atomic E-state index is 11.4. The molecule has 0 aliphatic carbocycles. The van der Waals surface area contributed by atoms with Crippen LogP contribution in [-0.4, -0.2) is 54.9 Å². The van der Waals surface area contributed by atoms with Gasteiger partial charge in [-0.1, -0.05) is 0 Å². The van der Waals surface area contributed by atoms with Gasteiger partial charge in [0.05, 0.1) is 13.2 Å². The largest absolute Gasteiger partial charge is 0.394 e. The summed E-state index contributed by atoms with van der Waals surface area (Å²) in [6.07, 6.45) is -3.30. The van der Waals surface area contributed by atoms with E-state index < -0.39 is 36.2 Å². The number of H-pyrrole nitrogens is 1. The van der Waals surface area contributed by atoms with Crippen molar-refractivity contribution in [3.63, 3.8) is 0 Å². The number of rotatable bonds is 5. The first-order valence-corrected chi connectivity index (χ1v) is 5.32. The summed E-state index contributed by atoms with van der Waals surface area (Å²) in [4.78, 5) is 24.5. The quantitative estimate of drug-likeness (QED) is 0.381. The standard InChI is InChI=1S/C10H16N2O6/c1-5-2-12(10(18)11-9(5)17)3-6(14)8(16)7(15)4-13/h2,6-8,13-16H,3-4H2,1H3,(H,11,17,18)/t6-,7+,8-/m0/s1. The highest BCUT2D eigenvalue weighted by atomic mass is 16.4. The van der Waals surface area contributed by atoms with E-state index in [1.165, 1.54) is 13.1 Å². The minimum atomic E-state index is -1.59. The molecule has 8 nitrogen and oxygen atoms in total. The minimum Gasteiger partial charge on any atom is -0.394 e. The van der Waals surface area contributed by atoms with Gasteiger partial charge in [-0.15, -0.1) is 0 Å². The number of nitrogens with one attached hydrogen (secondary N) is 1. The molecule has 0 saturated heterocycles. The third-order valence-electron chi connectivity index (χ3n) is 2.55. The van der Waals surface area contributed by atoms with Crippen LogP contribution < -0.4 is 11.2 Å². The van der Waals surface area contributed by atoms with Crippen LogP contribution in [0.5, 0.6) is 0 Å². The molecule has 1 heterocycles. The molecule has 0 spiro atoms. The van der Waals surface area contributed by atoms with Crippen LogP contribution in [0.15, 0.2) is 15.8 Å². The summed E-state index contributed by atoms with van der Waals surface area (Å²) in [7, 11) is 0. The average Bonchev–Trinajstić information content (AvgIpc) is 2.33. The molecule has 1 aromatic heterocycles. The fourth-order valence-corrected chi connectivity index (χ4v) is 1.43. The average molecular weight is 260 g/mol. The third kappa shape index (κ3) is 3.26. The van der Waals surface area contributed by atoms with Crippen molar-refractivity contribution in [2.45, 2.75) is 31.8 Å². The molecule has 5 N–H and O–H groups in total. The molecule has 1 aromatic rings. The van der Waals surface area contributed by atoms with Crippen LogP contribution in [0.25, 0.3) is 0 Å². The molecule has 0 fully saturated rings. The molecule has 18 heavy (non-hydrogen) atoms. The predicted octanol–water partition coefficient (Wildman–Crippen LogP) is -3.08. The van der Waals surface area contributed by atoms with Crippen LogP contribution in [-0.2, 0) is 6.54 Å². The van der Waals surface area contributed by atoms with Crippen LogP contribution >= 0.6 is 0 Å². The number of hydrogen-bond donors (Lipinski definition) is 5. The van der Waals surface area contributed by atoms with Gasteiger partial charge in [0.1, 0.15) is 18.3 Å². The van der Waals surface area contributed by atoms with Gasteiger partial charge in [-0.2, -0.15) is 0 Å².